The number of benzene rings is 3. The summed E-state index contributed by atoms with van der Waals surface area (Å²) < 4.78 is 30.9. The molecule has 0 spiro atoms. The number of thioether (sulfide) groups is 1. The summed E-state index contributed by atoms with van der Waals surface area (Å²) >= 11 is 1.31. The van der Waals surface area contributed by atoms with Crippen molar-refractivity contribution in [3.05, 3.63) is 94.9 Å². The topological polar surface area (TPSA) is 79.3 Å². The molecule has 2 heterocycles. The Morgan fingerprint density at radius 1 is 0.861 bits per heavy atom. The van der Waals surface area contributed by atoms with Crippen molar-refractivity contribution in [3.63, 3.8) is 0 Å². The summed E-state index contributed by atoms with van der Waals surface area (Å²) in [7, 11) is -4.00. The first-order valence-electron chi connectivity index (χ1n) is 11.6. The number of nitrogens with zero attached hydrogens (tertiary/aromatic N) is 3. The van der Waals surface area contributed by atoms with Gasteiger partial charge in [-0.3, -0.25) is 4.79 Å². The van der Waals surface area contributed by atoms with Gasteiger partial charge in [-0.2, -0.15) is 13.4 Å². The van der Waals surface area contributed by atoms with E-state index in [1.165, 1.54) is 35.1 Å². The molecule has 5 rings (SSSR count). The minimum Gasteiger partial charge on any atom is -0.378 e. The van der Waals surface area contributed by atoms with Crippen LogP contribution in [0.4, 0.5) is 5.69 Å². The molecule has 3 aromatic carbocycles. The molecule has 2 aliphatic rings. The Balaban J connectivity index is 1.29. The summed E-state index contributed by atoms with van der Waals surface area (Å²) in [6.07, 6.45) is 1.64. The first-order chi connectivity index (χ1) is 17.4. The molecule has 9 heteroatoms. The second-order valence-electron chi connectivity index (χ2n) is 8.46. The smallest absolute Gasteiger partial charge is 0.339 e. The number of carbonyl (C=O) groups excluding carboxylic acids is 1. The molecule has 7 nitrogen and oxygen atoms in total. The number of piperazine rings is 1. The molecule has 0 N–H and O–H groups in total. The average Bonchev–Trinajstić information content (AvgIpc) is 3.26. The number of amidine groups is 1. The van der Waals surface area contributed by atoms with Crippen LogP contribution >= 0.6 is 11.8 Å². The molecule has 36 heavy (non-hydrogen) atoms. The van der Waals surface area contributed by atoms with E-state index in [0.29, 0.717) is 15.6 Å². The van der Waals surface area contributed by atoms with Gasteiger partial charge in [-0.1, -0.05) is 54.6 Å². The van der Waals surface area contributed by atoms with E-state index in [9.17, 15) is 13.2 Å². The zero-order valence-corrected chi connectivity index (χ0v) is 21.3. The van der Waals surface area contributed by atoms with Crippen molar-refractivity contribution < 1.29 is 17.4 Å². The van der Waals surface area contributed by atoms with E-state index in [0.717, 1.165) is 26.2 Å². The van der Waals surface area contributed by atoms with Gasteiger partial charge in [-0.05, 0) is 54.6 Å². The van der Waals surface area contributed by atoms with Gasteiger partial charge in [-0.15, -0.1) is 0 Å². The fraction of sp³-hybridized carbons (Fsp3) is 0.185. The van der Waals surface area contributed by atoms with Crippen molar-refractivity contribution in [1.29, 1.82) is 0 Å². The predicted octanol–water partition coefficient (Wildman–Crippen LogP) is 4.56. The monoisotopic (exact) mass is 519 g/mol. The van der Waals surface area contributed by atoms with Crippen molar-refractivity contribution in [2.24, 2.45) is 4.99 Å². The van der Waals surface area contributed by atoms with Gasteiger partial charge < -0.3 is 14.0 Å². The number of anilines is 1. The minimum atomic E-state index is -4.00. The summed E-state index contributed by atoms with van der Waals surface area (Å²) in [5.74, 6) is -0.181. The summed E-state index contributed by atoms with van der Waals surface area (Å²) in [5.41, 5.74) is 2.97. The van der Waals surface area contributed by atoms with Gasteiger partial charge in [0, 0.05) is 37.4 Å². The molecule has 0 atom stereocenters. The lowest BCUT2D eigenvalue weighted by atomic mass is 10.1. The number of aliphatic imine (C=N–C) groups is 1. The molecule has 0 aromatic heterocycles. The van der Waals surface area contributed by atoms with Gasteiger partial charge in [0.2, 0.25) is 0 Å². The Morgan fingerprint density at radius 3 is 2.25 bits per heavy atom. The first kappa shape index (κ1) is 24.1. The van der Waals surface area contributed by atoms with Gasteiger partial charge in [0.15, 0.2) is 5.17 Å². The fourth-order valence-electron chi connectivity index (χ4n) is 4.16. The number of rotatable bonds is 5. The Labute approximate surface area is 215 Å². The van der Waals surface area contributed by atoms with Gasteiger partial charge in [0.1, 0.15) is 10.6 Å². The summed E-state index contributed by atoms with van der Waals surface area (Å²) in [4.78, 5) is 22.0. The zero-order chi connectivity index (χ0) is 25.1. The second kappa shape index (κ2) is 10.2. The number of aryl methyl sites for hydroxylation is 1. The quantitative estimate of drug-likeness (QED) is 0.361. The summed E-state index contributed by atoms with van der Waals surface area (Å²) in [6.45, 7) is 5.31. The van der Waals surface area contributed by atoms with E-state index in [-0.39, 0.29) is 16.6 Å². The van der Waals surface area contributed by atoms with Crippen LogP contribution in [-0.4, -0.2) is 50.6 Å². The van der Waals surface area contributed by atoms with Crippen LogP contribution in [0.15, 0.2) is 93.7 Å². The Bertz CT molecular complexity index is 1440. The van der Waals surface area contributed by atoms with Crippen LogP contribution in [0.5, 0.6) is 5.75 Å². The van der Waals surface area contributed by atoms with Crippen molar-refractivity contribution >= 4 is 44.7 Å². The largest absolute Gasteiger partial charge is 0.378 e. The normalized spacial score (nSPS) is 17.4. The lowest BCUT2D eigenvalue weighted by molar-refractivity contribution is -0.113. The van der Waals surface area contributed by atoms with E-state index in [1.807, 2.05) is 12.1 Å². The second-order valence-corrected chi connectivity index (χ2v) is 11.0. The molecule has 0 radical (unpaired) electrons. The van der Waals surface area contributed by atoms with Crippen LogP contribution in [0.25, 0.3) is 6.08 Å². The first-order valence-corrected chi connectivity index (χ1v) is 13.8. The van der Waals surface area contributed by atoms with Crippen molar-refractivity contribution in [1.82, 2.24) is 4.90 Å². The lowest BCUT2D eigenvalue weighted by Crippen LogP contribution is -2.48. The van der Waals surface area contributed by atoms with Crippen LogP contribution in [0.3, 0.4) is 0 Å². The molecular formula is C27H25N3O4S2. The molecule has 0 saturated carbocycles. The highest BCUT2D eigenvalue weighted by atomic mass is 32.2. The van der Waals surface area contributed by atoms with Crippen LogP contribution in [0.2, 0.25) is 0 Å². The SMILES string of the molecule is Cc1ccccc1N1CCN(C2=NC(=O)/C(=C\c3ccccc3OS(=O)(=O)c3ccccc3)S2)CC1. The number of para-hydroxylation sites is 2. The third-order valence-electron chi connectivity index (χ3n) is 6.05. The lowest BCUT2D eigenvalue weighted by Gasteiger charge is -2.37. The Hall–Kier alpha value is -3.56. The predicted molar refractivity (Wildman–Crippen MR) is 144 cm³/mol. The highest BCUT2D eigenvalue weighted by Crippen LogP contribution is 2.34. The van der Waals surface area contributed by atoms with Crippen molar-refractivity contribution in [3.8, 4) is 5.75 Å². The number of hydrogen-bond acceptors (Lipinski definition) is 7. The van der Waals surface area contributed by atoms with E-state index in [1.54, 1.807) is 48.5 Å². The fourth-order valence-corrected chi connectivity index (χ4v) is 6.09. The molecule has 184 valence electrons. The van der Waals surface area contributed by atoms with Crippen molar-refractivity contribution in [2.75, 3.05) is 31.1 Å². The molecule has 1 saturated heterocycles. The zero-order valence-electron chi connectivity index (χ0n) is 19.7. The van der Waals surface area contributed by atoms with Crippen LogP contribution < -0.4 is 9.08 Å². The van der Waals surface area contributed by atoms with Crippen molar-refractivity contribution in [2.45, 2.75) is 11.8 Å². The van der Waals surface area contributed by atoms with Gasteiger partial charge in [0.25, 0.3) is 5.91 Å². The number of amides is 1. The molecule has 3 aromatic rings. The molecular weight excluding hydrogens is 494 g/mol. The van der Waals surface area contributed by atoms with E-state index >= 15 is 0 Å². The van der Waals surface area contributed by atoms with E-state index in [2.05, 4.69) is 33.8 Å². The van der Waals surface area contributed by atoms with Crippen LogP contribution in [0, 0.1) is 6.92 Å². The Morgan fingerprint density at radius 2 is 1.50 bits per heavy atom. The minimum absolute atomic E-state index is 0.0641. The van der Waals surface area contributed by atoms with Gasteiger partial charge in [-0.25, -0.2) is 0 Å². The molecule has 1 amide bonds. The number of carbonyl (C=O) groups is 1. The van der Waals surface area contributed by atoms with E-state index < -0.39 is 10.1 Å². The Kier molecular flexibility index (Phi) is 6.84. The average molecular weight is 520 g/mol. The number of hydrogen-bond donors (Lipinski definition) is 0. The molecule has 1 fully saturated rings. The molecule has 2 aliphatic heterocycles. The standard InChI is InChI=1S/C27H25N3O4S2/c1-20-9-5-7-13-23(20)29-15-17-30(18-16-29)27-28-26(31)25(35-27)19-21-10-6-8-14-24(21)34-36(32,33)22-11-3-2-4-12-22/h2-14,19H,15-18H2,1H3/b25-19+. The summed E-state index contributed by atoms with van der Waals surface area (Å²) in [6, 6.07) is 23.1. The summed E-state index contributed by atoms with van der Waals surface area (Å²) in [5, 5.41) is 0.672. The van der Waals surface area contributed by atoms with Gasteiger partial charge in [0.05, 0.1) is 4.91 Å². The van der Waals surface area contributed by atoms with E-state index in [4.69, 9.17) is 4.18 Å². The van der Waals surface area contributed by atoms with Crippen LogP contribution in [-0.2, 0) is 14.9 Å². The maximum Gasteiger partial charge on any atom is 0.339 e. The maximum absolute atomic E-state index is 12.7. The third kappa shape index (κ3) is 5.17. The maximum atomic E-state index is 12.7. The molecule has 0 aliphatic carbocycles. The highest BCUT2D eigenvalue weighted by Gasteiger charge is 2.29. The molecule has 0 unspecified atom stereocenters. The third-order valence-corrected chi connectivity index (χ3v) is 8.35. The highest BCUT2D eigenvalue weighted by molar-refractivity contribution is 8.18. The molecule has 0 bridgehead atoms. The van der Waals surface area contributed by atoms with Crippen LogP contribution in [0.1, 0.15) is 11.1 Å². The van der Waals surface area contributed by atoms with Gasteiger partial charge >= 0.3 is 10.1 Å².